The van der Waals surface area contributed by atoms with Gasteiger partial charge in [0, 0.05) is 16.3 Å². The molecule has 26 heavy (non-hydrogen) atoms. The predicted octanol–water partition coefficient (Wildman–Crippen LogP) is 4.09. The van der Waals surface area contributed by atoms with Gasteiger partial charge < -0.3 is 4.74 Å². The molecular weight excluding hydrogens is 395 g/mol. The molecule has 0 aliphatic heterocycles. The first-order valence-corrected chi connectivity index (χ1v) is 9.62. The Hall–Kier alpha value is -1.89. The van der Waals surface area contributed by atoms with E-state index >= 15 is 0 Å². The average molecular weight is 413 g/mol. The first-order valence-electron chi connectivity index (χ1n) is 7.88. The second-order valence-corrected chi connectivity index (χ2v) is 7.09. The number of amides is 2. The van der Waals surface area contributed by atoms with Crippen molar-refractivity contribution >= 4 is 46.8 Å². The number of thioether (sulfide) groups is 1. The molecule has 0 saturated carbocycles. The average Bonchev–Trinajstić information content (AvgIpc) is 2.65. The van der Waals surface area contributed by atoms with Crippen molar-refractivity contribution in [2.24, 2.45) is 0 Å². The molecule has 0 aliphatic carbocycles. The number of nitrogens with one attached hydrogen (secondary N) is 2. The van der Waals surface area contributed by atoms with E-state index in [1.165, 1.54) is 11.8 Å². The highest BCUT2D eigenvalue weighted by Gasteiger charge is 2.08. The van der Waals surface area contributed by atoms with Gasteiger partial charge in [-0.25, -0.2) is 0 Å². The summed E-state index contributed by atoms with van der Waals surface area (Å²) < 4.78 is 5.50. The van der Waals surface area contributed by atoms with Crippen molar-refractivity contribution in [2.75, 3.05) is 12.4 Å². The Balaban J connectivity index is 1.59. The summed E-state index contributed by atoms with van der Waals surface area (Å²) in [6, 6.07) is 14.4. The number of hydrogen-bond acceptors (Lipinski definition) is 4. The molecular formula is C18H18Cl2N2O3S. The molecule has 0 saturated heterocycles. The number of hydrazine groups is 1. The first kappa shape index (κ1) is 20.4. The molecule has 0 aliphatic rings. The van der Waals surface area contributed by atoms with E-state index in [0.717, 1.165) is 5.75 Å². The lowest BCUT2D eigenvalue weighted by molar-refractivity contribution is -0.127. The van der Waals surface area contributed by atoms with Gasteiger partial charge in [-0.2, -0.15) is 0 Å². The van der Waals surface area contributed by atoms with E-state index in [-0.39, 0.29) is 24.0 Å². The summed E-state index contributed by atoms with van der Waals surface area (Å²) in [4.78, 5) is 24.2. The highest BCUT2D eigenvalue weighted by atomic mass is 35.5. The summed E-state index contributed by atoms with van der Waals surface area (Å²) in [7, 11) is 0. The van der Waals surface area contributed by atoms with Gasteiger partial charge in [0.2, 0.25) is 11.8 Å². The number of carbonyl (C=O) groups is 2. The molecule has 2 N–H and O–H groups in total. The minimum atomic E-state index is -0.333. The van der Waals surface area contributed by atoms with Crippen molar-refractivity contribution in [2.45, 2.75) is 17.7 Å². The van der Waals surface area contributed by atoms with Gasteiger partial charge in [-0.1, -0.05) is 41.4 Å². The fourth-order valence-electron chi connectivity index (χ4n) is 1.91. The maximum absolute atomic E-state index is 11.8. The van der Waals surface area contributed by atoms with Crippen molar-refractivity contribution < 1.29 is 14.3 Å². The van der Waals surface area contributed by atoms with Crippen molar-refractivity contribution in [3.05, 3.63) is 58.6 Å². The fourth-order valence-corrected chi connectivity index (χ4v) is 3.20. The Labute approximate surface area is 166 Å². The molecule has 0 atom stereocenters. The van der Waals surface area contributed by atoms with Crippen LogP contribution < -0.4 is 15.6 Å². The smallest absolute Gasteiger partial charge is 0.248 e. The van der Waals surface area contributed by atoms with Crippen LogP contribution in [0.15, 0.2) is 53.4 Å². The molecule has 0 bridgehead atoms. The minimum absolute atomic E-state index is 0.109. The molecule has 8 heteroatoms. The molecule has 0 heterocycles. The normalized spacial score (nSPS) is 10.2. The highest BCUT2D eigenvalue weighted by Crippen LogP contribution is 2.29. The van der Waals surface area contributed by atoms with Crippen LogP contribution in [0.5, 0.6) is 5.75 Å². The molecule has 2 aromatic carbocycles. The molecule has 0 radical (unpaired) electrons. The number of para-hydroxylation sites is 1. The fraction of sp³-hybridized carbons (Fsp3) is 0.222. The van der Waals surface area contributed by atoms with Gasteiger partial charge in [0.1, 0.15) is 5.75 Å². The molecule has 2 aromatic rings. The number of hydrogen-bond donors (Lipinski definition) is 2. The maximum atomic E-state index is 11.8. The third-order valence-corrected chi connectivity index (χ3v) is 4.89. The van der Waals surface area contributed by atoms with Gasteiger partial charge in [-0.05, 0) is 36.8 Å². The number of benzene rings is 2. The van der Waals surface area contributed by atoms with E-state index in [0.29, 0.717) is 28.0 Å². The number of ether oxygens (including phenoxy) is 1. The van der Waals surface area contributed by atoms with Crippen LogP contribution in [-0.2, 0) is 9.59 Å². The van der Waals surface area contributed by atoms with Crippen LogP contribution in [0.2, 0.25) is 10.0 Å². The van der Waals surface area contributed by atoms with Gasteiger partial charge in [-0.15, -0.1) is 11.8 Å². The molecule has 0 unspecified atom stereocenters. The van der Waals surface area contributed by atoms with Crippen molar-refractivity contribution in [1.29, 1.82) is 0 Å². The first-order chi connectivity index (χ1) is 12.5. The Bertz CT molecular complexity index is 744. The third-order valence-electron chi connectivity index (χ3n) is 3.15. The monoisotopic (exact) mass is 412 g/mol. The lowest BCUT2D eigenvalue weighted by atomic mass is 10.3. The van der Waals surface area contributed by atoms with Crippen molar-refractivity contribution in [1.82, 2.24) is 10.9 Å². The van der Waals surface area contributed by atoms with Gasteiger partial charge in [0.05, 0.1) is 17.4 Å². The summed E-state index contributed by atoms with van der Waals surface area (Å²) in [6.07, 6.45) is 0.795. The summed E-state index contributed by atoms with van der Waals surface area (Å²) in [5.41, 5.74) is 4.75. The zero-order valence-corrected chi connectivity index (χ0v) is 16.2. The SMILES string of the molecule is O=C(CCCOc1ccccc1)NNC(=O)CSc1cc(Cl)ccc1Cl. The summed E-state index contributed by atoms with van der Waals surface area (Å²) in [6.45, 7) is 0.425. The van der Waals surface area contributed by atoms with Gasteiger partial charge in [0.15, 0.2) is 0 Å². The molecule has 0 aromatic heterocycles. The van der Waals surface area contributed by atoms with Crippen LogP contribution in [0.1, 0.15) is 12.8 Å². The second-order valence-electron chi connectivity index (χ2n) is 5.22. The topological polar surface area (TPSA) is 67.4 Å². The summed E-state index contributed by atoms with van der Waals surface area (Å²) in [5, 5.41) is 1.07. The van der Waals surface area contributed by atoms with Crippen LogP contribution in [0, 0.1) is 0 Å². The van der Waals surface area contributed by atoms with Crippen LogP contribution >= 0.6 is 35.0 Å². The van der Waals surface area contributed by atoms with E-state index in [1.54, 1.807) is 18.2 Å². The van der Waals surface area contributed by atoms with Crippen molar-refractivity contribution in [3.63, 3.8) is 0 Å². The van der Waals surface area contributed by atoms with Crippen molar-refractivity contribution in [3.8, 4) is 5.75 Å². The van der Waals surface area contributed by atoms with E-state index in [9.17, 15) is 9.59 Å². The zero-order valence-electron chi connectivity index (χ0n) is 13.8. The molecule has 5 nitrogen and oxygen atoms in total. The lowest BCUT2D eigenvalue weighted by Crippen LogP contribution is -2.42. The Kier molecular flexibility index (Phi) is 8.61. The Morgan fingerprint density at radius 2 is 1.73 bits per heavy atom. The Morgan fingerprint density at radius 1 is 1.00 bits per heavy atom. The van der Waals surface area contributed by atoms with E-state index in [4.69, 9.17) is 27.9 Å². The van der Waals surface area contributed by atoms with Crippen LogP contribution in [0.25, 0.3) is 0 Å². The predicted molar refractivity (Wildman–Crippen MR) is 105 cm³/mol. The van der Waals surface area contributed by atoms with E-state index in [1.807, 2.05) is 30.3 Å². The molecule has 0 spiro atoms. The summed E-state index contributed by atoms with van der Waals surface area (Å²) in [5.74, 6) is 0.260. The number of rotatable bonds is 8. The number of halogens is 2. The second kappa shape index (κ2) is 11.0. The largest absolute Gasteiger partial charge is 0.494 e. The van der Waals surface area contributed by atoms with Gasteiger partial charge >= 0.3 is 0 Å². The molecule has 138 valence electrons. The minimum Gasteiger partial charge on any atom is -0.494 e. The van der Waals surface area contributed by atoms with E-state index < -0.39 is 0 Å². The molecule has 2 amide bonds. The van der Waals surface area contributed by atoms with E-state index in [2.05, 4.69) is 10.9 Å². The Morgan fingerprint density at radius 3 is 2.50 bits per heavy atom. The highest BCUT2D eigenvalue weighted by molar-refractivity contribution is 8.00. The standard InChI is InChI=1S/C18H18Cl2N2O3S/c19-13-8-9-15(20)16(11-13)26-12-18(24)22-21-17(23)7-4-10-25-14-5-2-1-3-6-14/h1-3,5-6,8-9,11H,4,7,10,12H2,(H,21,23)(H,22,24). The van der Waals surface area contributed by atoms with Gasteiger partial charge in [0.25, 0.3) is 0 Å². The maximum Gasteiger partial charge on any atom is 0.248 e. The van der Waals surface area contributed by atoms with Crippen LogP contribution in [0.4, 0.5) is 0 Å². The quantitative estimate of drug-likeness (QED) is 0.389. The zero-order chi connectivity index (χ0) is 18.8. The third kappa shape index (κ3) is 7.56. The molecule has 0 fully saturated rings. The lowest BCUT2D eigenvalue weighted by Gasteiger charge is -2.09. The summed E-state index contributed by atoms with van der Waals surface area (Å²) >= 11 is 13.2. The van der Waals surface area contributed by atoms with Crippen LogP contribution in [0.3, 0.4) is 0 Å². The van der Waals surface area contributed by atoms with Gasteiger partial charge in [-0.3, -0.25) is 20.4 Å². The number of carbonyl (C=O) groups excluding carboxylic acids is 2. The molecule has 2 rings (SSSR count). The van der Waals surface area contributed by atoms with Crippen LogP contribution in [-0.4, -0.2) is 24.2 Å².